The normalized spacial score (nSPS) is 19.5. The first-order valence-electron chi connectivity index (χ1n) is 5.94. The molecule has 0 aliphatic carbocycles. The van der Waals surface area contributed by atoms with Crippen LogP contribution in [-0.4, -0.2) is 28.1 Å². The zero-order valence-electron chi connectivity index (χ0n) is 10.6. The molecule has 2 rings (SSSR count). The van der Waals surface area contributed by atoms with Gasteiger partial charge in [-0.2, -0.15) is 4.57 Å². The van der Waals surface area contributed by atoms with Gasteiger partial charge in [-0.1, -0.05) is 13.8 Å². The molecule has 0 bridgehead atoms. The molecule has 1 amide bonds. The summed E-state index contributed by atoms with van der Waals surface area (Å²) in [5, 5.41) is 0. The molecular formula is C12H20IN3O. The van der Waals surface area contributed by atoms with Crippen LogP contribution in [-0.2, 0) is 7.05 Å². The highest BCUT2D eigenvalue weighted by Crippen LogP contribution is 2.24. The van der Waals surface area contributed by atoms with Gasteiger partial charge >= 0.3 is 6.03 Å². The van der Waals surface area contributed by atoms with Crippen LogP contribution in [0.2, 0.25) is 0 Å². The molecule has 1 atom stereocenters. The van der Waals surface area contributed by atoms with Crippen LogP contribution in [0.4, 0.5) is 4.79 Å². The van der Waals surface area contributed by atoms with Crippen molar-refractivity contribution in [2.24, 2.45) is 13.0 Å². The van der Waals surface area contributed by atoms with Crippen LogP contribution in [0.15, 0.2) is 18.7 Å². The van der Waals surface area contributed by atoms with Crippen molar-refractivity contribution in [3.63, 3.8) is 0 Å². The van der Waals surface area contributed by atoms with E-state index in [-0.39, 0.29) is 30.0 Å². The third kappa shape index (κ3) is 3.00. The Morgan fingerprint density at radius 1 is 1.47 bits per heavy atom. The van der Waals surface area contributed by atoms with Crippen molar-refractivity contribution in [2.45, 2.75) is 32.7 Å². The molecule has 4 nitrogen and oxygen atoms in total. The third-order valence-corrected chi connectivity index (χ3v) is 3.30. The van der Waals surface area contributed by atoms with Gasteiger partial charge in [0.2, 0.25) is 0 Å². The summed E-state index contributed by atoms with van der Waals surface area (Å²) >= 11 is 0. The van der Waals surface area contributed by atoms with Gasteiger partial charge in [0.15, 0.2) is 0 Å². The van der Waals surface area contributed by atoms with Crippen molar-refractivity contribution >= 4 is 6.03 Å². The Bertz CT molecular complexity index is 389. The summed E-state index contributed by atoms with van der Waals surface area (Å²) in [6.45, 7) is 5.27. The van der Waals surface area contributed by atoms with Crippen LogP contribution in [0.25, 0.3) is 0 Å². The number of halogens is 1. The Morgan fingerprint density at radius 3 is 2.71 bits per heavy atom. The van der Waals surface area contributed by atoms with E-state index in [9.17, 15) is 4.79 Å². The maximum Gasteiger partial charge on any atom is 0.416 e. The highest BCUT2D eigenvalue weighted by molar-refractivity contribution is 5.77. The fraction of sp³-hybridized carbons (Fsp3) is 0.667. The lowest BCUT2D eigenvalue weighted by Crippen LogP contribution is -3.00. The Hall–Kier alpha value is -0.590. The molecule has 0 aromatic carbocycles. The Balaban J connectivity index is 0.00000144. The molecule has 2 heterocycles. The standard InChI is InChI=1S/C12H20N3O.HI/c1-10(2)11-5-4-6-15(11)12(16)14-8-7-13(3)9-14;/h7-11H,4-6H2,1-3H3;1H/q+1;/p-1. The monoisotopic (exact) mass is 349 g/mol. The van der Waals surface area contributed by atoms with Crippen molar-refractivity contribution in [1.29, 1.82) is 0 Å². The topological polar surface area (TPSA) is 29.1 Å². The van der Waals surface area contributed by atoms with Crippen LogP contribution in [0.1, 0.15) is 26.7 Å². The molecule has 17 heavy (non-hydrogen) atoms. The van der Waals surface area contributed by atoms with E-state index in [0.29, 0.717) is 12.0 Å². The number of aromatic nitrogens is 2. The van der Waals surface area contributed by atoms with Crippen molar-refractivity contribution in [3.8, 4) is 0 Å². The van der Waals surface area contributed by atoms with Crippen LogP contribution >= 0.6 is 0 Å². The molecular weight excluding hydrogens is 329 g/mol. The summed E-state index contributed by atoms with van der Waals surface area (Å²) in [6, 6.07) is 0.511. The number of hydrogen-bond donors (Lipinski definition) is 0. The molecule has 1 unspecified atom stereocenters. The van der Waals surface area contributed by atoms with Gasteiger partial charge in [-0.15, -0.1) is 0 Å². The minimum Gasteiger partial charge on any atom is -1.00 e. The zero-order valence-corrected chi connectivity index (χ0v) is 12.8. The summed E-state index contributed by atoms with van der Waals surface area (Å²) in [5.41, 5.74) is 0. The lowest BCUT2D eigenvalue weighted by molar-refractivity contribution is -0.670. The second-order valence-electron chi connectivity index (χ2n) is 4.92. The number of amides is 1. The summed E-state index contributed by atoms with van der Waals surface area (Å²) in [6.07, 6.45) is 7.78. The van der Waals surface area contributed by atoms with Crippen molar-refractivity contribution in [1.82, 2.24) is 9.47 Å². The molecule has 96 valence electrons. The number of nitrogens with zero attached hydrogens (tertiary/aromatic N) is 3. The predicted molar refractivity (Wildman–Crippen MR) is 61.0 cm³/mol. The minimum atomic E-state index is 0. The first-order chi connectivity index (χ1) is 7.59. The zero-order chi connectivity index (χ0) is 11.7. The fourth-order valence-corrected chi connectivity index (χ4v) is 2.43. The van der Waals surface area contributed by atoms with Crippen molar-refractivity contribution in [2.75, 3.05) is 6.54 Å². The number of carbonyl (C=O) groups excluding carboxylic acids is 1. The Morgan fingerprint density at radius 2 is 2.18 bits per heavy atom. The van der Waals surface area contributed by atoms with Gasteiger partial charge in [0, 0.05) is 12.6 Å². The third-order valence-electron chi connectivity index (χ3n) is 3.30. The van der Waals surface area contributed by atoms with E-state index < -0.39 is 0 Å². The number of hydrogen-bond acceptors (Lipinski definition) is 1. The molecule has 0 saturated carbocycles. The summed E-state index contributed by atoms with van der Waals surface area (Å²) < 4.78 is 3.55. The summed E-state index contributed by atoms with van der Waals surface area (Å²) in [4.78, 5) is 14.3. The predicted octanol–water partition coefficient (Wildman–Crippen LogP) is -1.59. The van der Waals surface area contributed by atoms with Gasteiger partial charge in [-0.3, -0.25) is 0 Å². The van der Waals surface area contributed by atoms with Crippen molar-refractivity contribution in [3.05, 3.63) is 18.7 Å². The number of likely N-dealkylation sites (tertiary alicyclic amines) is 1. The quantitative estimate of drug-likeness (QED) is 0.444. The number of carbonyl (C=O) groups is 1. The number of imidazole rings is 1. The van der Waals surface area contributed by atoms with E-state index in [0.717, 1.165) is 19.4 Å². The van der Waals surface area contributed by atoms with Gasteiger partial charge in [-0.25, -0.2) is 9.36 Å². The van der Waals surface area contributed by atoms with E-state index in [2.05, 4.69) is 13.8 Å². The van der Waals surface area contributed by atoms with E-state index in [1.54, 1.807) is 4.57 Å². The molecule has 0 N–H and O–H groups in total. The number of aryl methyl sites for hydroxylation is 1. The summed E-state index contributed by atoms with van der Waals surface area (Å²) in [7, 11) is 1.92. The molecule has 0 spiro atoms. The molecule has 0 radical (unpaired) electrons. The molecule has 1 aliphatic heterocycles. The van der Waals surface area contributed by atoms with Gasteiger partial charge < -0.3 is 28.9 Å². The Labute approximate surface area is 120 Å². The molecule has 5 heteroatoms. The maximum atomic E-state index is 12.3. The van der Waals surface area contributed by atoms with E-state index in [1.165, 1.54) is 0 Å². The number of rotatable bonds is 1. The molecule has 1 aromatic rings. The lowest BCUT2D eigenvalue weighted by Gasteiger charge is -2.25. The lowest BCUT2D eigenvalue weighted by atomic mass is 10.0. The van der Waals surface area contributed by atoms with Gasteiger partial charge in [0.25, 0.3) is 6.33 Å². The van der Waals surface area contributed by atoms with Gasteiger partial charge in [0.05, 0.1) is 7.05 Å². The smallest absolute Gasteiger partial charge is 0.416 e. The first-order valence-corrected chi connectivity index (χ1v) is 5.94. The minimum absolute atomic E-state index is 0. The fourth-order valence-electron chi connectivity index (χ4n) is 2.43. The highest BCUT2D eigenvalue weighted by Gasteiger charge is 2.33. The van der Waals surface area contributed by atoms with Gasteiger partial charge in [0.1, 0.15) is 12.4 Å². The molecule has 1 fully saturated rings. The van der Waals surface area contributed by atoms with Crippen LogP contribution in [0, 0.1) is 5.92 Å². The molecule has 1 aromatic heterocycles. The average Bonchev–Trinajstić information content (AvgIpc) is 2.84. The summed E-state index contributed by atoms with van der Waals surface area (Å²) in [5.74, 6) is 0.538. The largest absolute Gasteiger partial charge is 1.00 e. The van der Waals surface area contributed by atoms with Crippen LogP contribution in [0.5, 0.6) is 0 Å². The molecule has 1 saturated heterocycles. The van der Waals surface area contributed by atoms with Gasteiger partial charge in [-0.05, 0) is 18.8 Å². The average molecular weight is 349 g/mol. The van der Waals surface area contributed by atoms with E-state index >= 15 is 0 Å². The second kappa shape index (κ2) is 5.84. The second-order valence-corrected chi connectivity index (χ2v) is 4.92. The van der Waals surface area contributed by atoms with Crippen LogP contribution in [0.3, 0.4) is 0 Å². The SMILES string of the molecule is CC(C)C1CCCN1C(=O)n1cc[n+](C)c1.[I-]. The van der Waals surface area contributed by atoms with Crippen molar-refractivity contribution < 1.29 is 33.3 Å². The van der Waals surface area contributed by atoms with E-state index in [4.69, 9.17) is 0 Å². The first kappa shape index (κ1) is 14.5. The maximum absolute atomic E-state index is 12.3. The van der Waals surface area contributed by atoms with E-state index in [1.807, 2.05) is 35.2 Å². The highest BCUT2D eigenvalue weighted by atomic mass is 127. The Kier molecular flexibility index (Phi) is 4.97. The molecule has 1 aliphatic rings. The van der Waals surface area contributed by atoms with Crippen LogP contribution < -0.4 is 28.5 Å².